The Kier molecular flexibility index (Phi) is 3.36. The molecule has 2 aliphatic carbocycles. The molecule has 1 heterocycles. The van der Waals surface area contributed by atoms with Gasteiger partial charge in [0.05, 0.1) is 5.60 Å². The molecule has 3 nitrogen and oxygen atoms in total. The molecule has 0 radical (unpaired) electrons. The van der Waals surface area contributed by atoms with Crippen molar-refractivity contribution in [2.45, 2.75) is 70.3 Å². The van der Waals surface area contributed by atoms with Gasteiger partial charge in [-0.2, -0.15) is 0 Å². The van der Waals surface area contributed by atoms with E-state index in [-0.39, 0.29) is 5.41 Å². The fraction of sp³-hybridized carbons (Fsp3) is 0.938. The summed E-state index contributed by atoms with van der Waals surface area (Å²) in [6, 6.07) is 0. The van der Waals surface area contributed by atoms with E-state index in [1.807, 2.05) is 0 Å². The molecule has 1 atom stereocenters. The molecule has 1 amide bonds. The number of piperidine rings is 1. The lowest BCUT2D eigenvalue weighted by Gasteiger charge is -2.59. The largest absolute Gasteiger partial charge is 0.389 e. The standard InChI is InChI=1S/C16H27NO2/c1-2-16(19)8-7-15(16)9-11-17(12-10-15)14(18)13-5-3-4-6-13/h13,19H,2-12H2,1H3. The maximum Gasteiger partial charge on any atom is 0.225 e. The molecule has 0 bridgehead atoms. The minimum atomic E-state index is -0.435. The van der Waals surface area contributed by atoms with E-state index in [1.165, 1.54) is 12.8 Å². The fourth-order valence-corrected chi connectivity index (χ4v) is 4.62. The molecular weight excluding hydrogens is 238 g/mol. The van der Waals surface area contributed by atoms with Gasteiger partial charge in [0, 0.05) is 24.4 Å². The molecule has 1 aliphatic heterocycles. The zero-order valence-corrected chi connectivity index (χ0v) is 12.2. The number of rotatable bonds is 2. The number of hydrogen-bond acceptors (Lipinski definition) is 2. The third kappa shape index (κ3) is 2.01. The van der Waals surface area contributed by atoms with Crippen molar-refractivity contribution in [3.05, 3.63) is 0 Å². The number of carbonyl (C=O) groups is 1. The van der Waals surface area contributed by atoms with Gasteiger partial charge in [-0.1, -0.05) is 19.8 Å². The van der Waals surface area contributed by atoms with E-state index in [2.05, 4.69) is 11.8 Å². The van der Waals surface area contributed by atoms with Crippen molar-refractivity contribution < 1.29 is 9.90 Å². The Morgan fingerprint density at radius 1 is 1.16 bits per heavy atom. The molecule has 1 N–H and O–H groups in total. The first-order valence-electron chi connectivity index (χ1n) is 8.11. The molecular formula is C16H27NO2. The predicted molar refractivity (Wildman–Crippen MR) is 74.7 cm³/mol. The lowest BCUT2D eigenvalue weighted by Crippen LogP contribution is -2.61. The van der Waals surface area contributed by atoms with Crippen molar-refractivity contribution in [3.63, 3.8) is 0 Å². The summed E-state index contributed by atoms with van der Waals surface area (Å²) in [5, 5.41) is 10.6. The highest BCUT2D eigenvalue weighted by Gasteiger charge is 2.57. The van der Waals surface area contributed by atoms with Gasteiger partial charge in [0.25, 0.3) is 0 Å². The normalized spacial score (nSPS) is 34.5. The van der Waals surface area contributed by atoms with E-state index < -0.39 is 5.60 Å². The number of likely N-dealkylation sites (tertiary alicyclic amines) is 1. The first kappa shape index (κ1) is 13.4. The molecule has 3 fully saturated rings. The Labute approximate surface area is 116 Å². The van der Waals surface area contributed by atoms with Crippen molar-refractivity contribution in [3.8, 4) is 0 Å². The van der Waals surface area contributed by atoms with Crippen LogP contribution in [0.3, 0.4) is 0 Å². The van der Waals surface area contributed by atoms with Crippen molar-refractivity contribution in [2.75, 3.05) is 13.1 Å². The fourth-order valence-electron chi connectivity index (χ4n) is 4.62. The van der Waals surface area contributed by atoms with E-state index in [4.69, 9.17) is 0 Å². The molecule has 108 valence electrons. The van der Waals surface area contributed by atoms with Crippen LogP contribution in [0, 0.1) is 11.3 Å². The van der Waals surface area contributed by atoms with Crippen LogP contribution in [-0.4, -0.2) is 34.6 Å². The van der Waals surface area contributed by atoms with Gasteiger partial charge in [-0.25, -0.2) is 0 Å². The second-order valence-corrected chi connectivity index (χ2v) is 6.97. The molecule has 1 unspecified atom stereocenters. The van der Waals surface area contributed by atoms with Crippen LogP contribution in [-0.2, 0) is 4.79 Å². The Balaban J connectivity index is 1.59. The summed E-state index contributed by atoms with van der Waals surface area (Å²) in [5.74, 6) is 0.701. The van der Waals surface area contributed by atoms with E-state index in [0.29, 0.717) is 11.8 Å². The van der Waals surface area contributed by atoms with Gasteiger partial charge in [0.15, 0.2) is 0 Å². The first-order valence-corrected chi connectivity index (χ1v) is 8.11. The maximum atomic E-state index is 12.4. The summed E-state index contributed by atoms with van der Waals surface area (Å²) >= 11 is 0. The van der Waals surface area contributed by atoms with Crippen LogP contribution in [0.15, 0.2) is 0 Å². The summed E-state index contributed by atoms with van der Waals surface area (Å²) in [4.78, 5) is 14.5. The molecule has 0 aromatic rings. The first-order chi connectivity index (χ1) is 9.10. The van der Waals surface area contributed by atoms with E-state index in [9.17, 15) is 9.90 Å². The van der Waals surface area contributed by atoms with Crippen LogP contribution < -0.4 is 0 Å². The summed E-state index contributed by atoms with van der Waals surface area (Å²) in [6.45, 7) is 3.84. The van der Waals surface area contributed by atoms with Crippen molar-refractivity contribution in [1.29, 1.82) is 0 Å². The SMILES string of the molecule is CCC1(O)CCC12CCN(C(=O)C1CCCC1)CC2. The lowest BCUT2D eigenvalue weighted by atomic mass is 9.51. The minimum Gasteiger partial charge on any atom is -0.389 e. The summed E-state index contributed by atoms with van der Waals surface area (Å²) in [5.41, 5.74) is -0.302. The number of carbonyl (C=O) groups excluding carboxylic acids is 1. The molecule has 0 aromatic carbocycles. The third-order valence-corrected chi connectivity index (χ3v) is 6.33. The highest BCUT2D eigenvalue weighted by Crippen LogP contribution is 2.57. The predicted octanol–water partition coefficient (Wildman–Crippen LogP) is 2.72. The van der Waals surface area contributed by atoms with Crippen molar-refractivity contribution >= 4 is 5.91 Å². The van der Waals surface area contributed by atoms with Crippen LogP contribution in [0.2, 0.25) is 0 Å². The molecule has 0 aromatic heterocycles. The van der Waals surface area contributed by atoms with Gasteiger partial charge in [0.2, 0.25) is 5.91 Å². The molecule has 3 rings (SSSR count). The molecule has 3 heteroatoms. The van der Waals surface area contributed by atoms with Gasteiger partial charge >= 0.3 is 0 Å². The Morgan fingerprint density at radius 2 is 1.79 bits per heavy atom. The van der Waals surface area contributed by atoms with Gasteiger partial charge in [-0.15, -0.1) is 0 Å². The van der Waals surface area contributed by atoms with Gasteiger partial charge in [-0.3, -0.25) is 4.79 Å². The van der Waals surface area contributed by atoms with Gasteiger partial charge < -0.3 is 10.0 Å². The number of hydrogen-bond donors (Lipinski definition) is 1. The van der Waals surface area contributed by atoms with Crippen LogP contribution in [0.4, 0.5) is 0 Å². The maximum absolute atomic E-state index is 12.4. The number of nitrogens with zero attached hydrogens (tertiary/aromatic N) is 1. The molecule has 3 aliphatic rings. The van der Waals surface area contributed by atoms with E-state index >= 15 is 0 Å². The summed E-state index contributed by atoms with van der Waals surface area (Å²) in [6.07, 6.45) is 9.64. The Hall–Kier alpha value is -0.570. The Bertz CT molecular complexity index is 350. The number of aliphatic hydroxyl groups is 1. The third-order valence-electron chi connectivity index (χ3n) is 6.33. The highest BCUT2D eigenvalue weighted by atomic mass is 16.3. The quantitative estimate of drug-likeness (QED) is 0.834. The smallest absolute Gasteiger partial charge is 0.225 e. The minimum absolute atomic E-state index is 0.133. The second kappa shape index (κ2) is 4.76. The Morgan fingerprint density at radius 3 is 2.26 bits per heavy atom. The van der Waals surface area contributed by atoms with Gasteiger partial charge in [0.1, 0.15) is 0 Å². The zero-order chi connectivity index (χ0) is 13.5. The van der Waals surface area contributed by atoms with Gasteiger partial charge in [-0.05, 0) is 44.9 Å². The van der Waals surface area contributed by atoms with Crippen LogP contribution >= 0.6 is 0 Å². The second-order valence-electron chi connectivity index (χ2n) is 6.97. The van der Waals surface area contributed by atoms with Crippen LogP contribution in [0.1, 0.15) is 64.7 Å². The number of amides is 1. The summed E-state index contributed by atoms with van der Waals surface area (Å²) < 4.78 is 0. The highest BCUT2D eigenvalue weighted by molar-refractivity contribution is 5.79. The monoisotopic (exact) mass is 265 g/mol. The van der Waals surface area contributed by atoms with E-state index in [0.717, 1.165) is 58.0 Å². The molecule has 19 heavy (non-hydrogen) atoms. The van der Waals surface area contributed by atoms with Crippen LogP contribution in [0.5, 0.6) is 0 Å². The molecule has 1 spiro atoms. The lowest BCUT2D eigenvalue weighted by molar-refractivity contribution is -0.193. The molecule has 2 saturated carbocycles. The topological polar surface area (TPSA) is 40.5 Å². The van der Waals surface area contributed by atoms with Crippen molar-refractivity contribution in [2.24, 2.45) is 11.3 Å². The average molecular weight is 265 g/mol. The summed E-state index contributed by atoms with van der Waals surface area (Å²) in [7, 11) is 0. The van der Waals surface area contributed by atoms with Crippen LogP contribution in [0.25, 0.3) is 0 Å². The molecule has 1 saturated heterocycles. The van der Waals surface area contributed by atoms with Crippen molar-refractivity contribution in [1.82, 2.24) is 4.90 Å². The zero-order valence-electron chi connectivity index (χ0n) is 12.2. The average Bonchev–Trinajstić information content (AvgIpc) is 2.98. The van der Waals surface area contributed by atoms with E-state index in [1.54, 1.807) is 0 Å².